The van der Waals surface area contributed by atoms with Crippen LogP contribution >= 0.6 is 0 Å². The van der Waals surface area contributed by atoms with E-state index in [1.165, 1.54) is 32.8 Å². The number of carbonyl (C=O) groups excluding carboxylic acids is 1. The van der Waals surface area contributed by atoms with Crippen molar-refractivity contribution in [3.8, 4) is 0 Å². The molecule has 0 aliphatic carbocycles. The van der Waals surface area contributed by atoms with Crippen molar-refractivity contribution in [2.45, 2.75) is 66.3 Å². The van der Waals surface area contributed by atoms with Gasteiger partial charge in [-0.25, -0.2) is 0 Å². The van der Waals surface area contributed by atoms with E-state index >= 15 is 0 Å². The number of ether oxygens (including phenoxy) is 1. The smallest absolute Gasteiger partial charge is 0.309 e. The largest absolute Gasteiger partial charge is 0.469 e. The van der Waals surface area contributed by atoms with Gasteiger partial charge in [-0.2, -0.15) is 0 Å². The lowest BCUT2D eigenvalue weighted by molar-refractivity contribution is -0.145. The molecule has 18 heavy (non-hydrogen) atoms. The van der Waals surface area contributed by atoms with Gasteiger partial charge in [0.25, 0.3) is 0 Å². The Labute approximate surface area is 113 Å². The summed E-state index contributed by atoms with van der Waals surface area (Å²) in [7, 11) is 1.44. The summed E-state index contributed by atoms with van der Waals surface area (Å²) in [6.45, 7) is 11.7. The molecule has 0 saturated heterocycles. The van der Waals surface area contributed by atoms with Crippen LogP contribution in [0.25, 0.3) is 0 Å². The first-order chi connectivity index (χ1) is 8.34. The normalized spacial score (nSPS) is 15.2. The van der Waals surface area contributed by atoms with Crippen LogP contribution in [0.1, 0.15) is 60.3 Å². The van der Waals surface area contributed by atoms with E-state index < -0.39 is 0 Å². The average Bonchev–Trinajstić information content (AvgIpc) is 2.34. The Hall–Kier alpha value is -0.570. The maximum atomic E-state index is 11.4. The molecule has 0 aromatic carbocycles. The van der Waals surface area contributed by atoms with E-state index in [9.17, 15) is 4.79 Å². The van der Waals surface area contributed by atoms with E-state index in [-0.39, 0.29) is 17.9 Å². The third-order valence-corrected chi connectivity index (χ3v) is 3.68. The van der Waals surface area contributed by atoms with Gasteiger partial charge in [0.2, 0.25) is 0 Å². The predicted molar refractivity (Wildman–Crippen MR) is 76.6 cm³/mol. The van der Waals surface area contributed by atoms with E-state index in [4.69, 9.17) is 4.74 Å². The molecule has 2 unspecified atom stereocenters. The lowest BCUT2D eigenvalue weighted by atomic mass is 9.86. The fourth-order valence-electron chi connectivity index (χ4n) is 1.95. The van der Waals surface area contributed by atoms with Crippen LogP contribution in [-0.2, 0) is 9.53 Å². The minimum atomic E-state index is -0.140. The molecule has 108 valence electrons. The van der Waals surface area contributed by atoms with Crippen molar-refractivity contribution in [3.63, 3.8) is 0 Å². The summed E-state index contributed by atoms with van der Waals surface area (Å²) in [5.74, 6) is -0.236. The summed E-state index contributed by atoms with van der Waals surface area (Å²) in [5, 5.41) is 3.46. The zero-order chi connectivity index (χ0) is 14.2. The second-order valence-corrected chi connectivity index (χ2v) is 6.10. The zero-order valence-corrected chi connectivity index (χ0v) is 13.0. The highest BCUT2D eigenvalue weighted by Crippen LogP contribution is 2.23. The quantitative estimate of drug-likeness (QED) is 0.508. The Morgan fingerprint density at radius 3 is 2.39 bits per heavy atom. The summed E-state index contributed by atoms with van der Waals surface area (Å²) in [6.07, 6.45) is 5.08. The molecule has 2 atom stereocenters. The molecule has 0 aromatic heterocycles. The van der Waals surface area contributed by atoms with Gasteiger partial charge in [-0.1, -0.05) is 47.0 Å². The minimum Gasteiger partial charge on any atom is -0.469 e. The van der Waals surface area contributed by atoms with Crippen LogP contribution in [0.5, 0.6) is 0 Å². The topological polar surface area (TPSA) is 38.3 Å². The van der Waals surface area contributed by atoms with Gasteiger partial charge >= 0.3 is 5.97 Å². The number of carbonyl (C=O) groups is 1. The van der Waals surface area contributed by atoms with Crippen molar-refractivity contribution >= 4 is 5.97 Å². The molecule has 0 heterocycles. The molecule has 0 rings (SSSR count). The maximum absolute atomic E-state index is 11.4. The number of methoxy groups -OCH3 is 1. The summed E-state index contributed by atoms with van der Waals surface area (Å²) in [5.41, 5.74) is 0.291. The molecular weight excluding hydrogens is 226 g/mol. The monoisotopic (exact) mass is 257 g/mol. The molecule has 0 aliphatic heterocycles. The number of rotatable bonds is 9. The second kappa shape index (κ2) is 8.52. The maximum Gasteiger partial charge on any atom is 0.309 e. The van der Waals surface area contributed by atoms with E-state index in [1.54, 1.807) is 0 Å². The van der Waals surface area contributed by atoms with Crippen LogP contribution in [-0.4, -0.2) is 25.7 Å². The number of nitrogens with one attached hydrogen (secondary N) is 1. The number of unbranched alkanes of at least 4 members (excludes halogenated alkanes) is 2. The van der Waals surface area contributed by atoms with Gasteiger partial charge in [0.1, 0.15) is 0 Å². The highest BCUT2D eigenvalue weighted by Gasteiger charge is 2.23. The average molecular weight is 257 g/mol. The highest BCUT2D eigenvalue weighted by molar-refractivity contribution is 5.72. The van der Waals surface area contributed by atoms with Crippen LogP contribution < -0.4 is 5.32 Å². The fraction of sp³-hybridized carbons (Fsp3) is 0.933. The van der Waals surface area contributed by atoms with Gasteiger partial charge in [-0.05, 0) is 18.8 Å². The molecule has 0 fully saturated rings. The van der Waals surface area contributed by atoms with Gasteiger partial charge in [-0.15, -0.1) is 0 Å². The minimum absolute atomic E-state index is 0.0959. The second-order valence-electron chi connectivity index (χ2n) is 6.10. The van der Waals surface area contributed by atoms with Gasteiger partial charge in [0.05, 0.1) is 13.0 Å². The summed E-state index contributed by atoms with van der Waals surface area (Å²) >= 11 is 0. The molecule has 0 bridgehead atoms. The van der Waals surface area contributed by atoms with Gasteiger partial charge in [-0.3, -0.25) is 4.79 Å². The fourth-order valence-corrected chi connectivity index (χ4v) is 1.95. The lowest BCUT2D eigenvalue weighted by Crippen LogP contribution is -2.41. The van der Waals surface area contributed by atoms with Crippen molar-refractivity contribution in [2.75, 3.05) is 13.7 Å². The van der Waals surface area contributed by atoms with Crippen molar-refractivity contribution in [1.29, 1.82) is 0 Å². The van der Waals surface area contributed by atoms with Crippen LogP contribution in [0.15, 0.2) is 0 Å². The lowest BCUT2D eigenvalue weighted by Gasteiger charge is -2.28. The van der Waals surface area contributed by atoms with Crippen LogP contribution in [0.2, 0.25) is 0 Å². The molecular formula is C15H31NO2. The third kappa shape index (κ3) is 7.00. The Kier molecular flexibility index (Phi) is 8.25. The van der Waals surface area contributed by atoms with Gasteiger partial charge in [0, 0.05) is 12.6 Å². The molecule has 0 spiro atoms. The van der Waals surface area contributed by atoms with E-state index in [2.05, 4.69) is 26.1 Å². The first-order valence-electron chi connectivity index (χ1n) is 7.15. The SMILES string of the molecule is CCCCCC(C)(C)CNC(C)C(C)C(=O)OC. The molecule has 3 heteroatoms. The Balaban J connectivity index is 4.02. The molecule has 3 nitrogen and oxygen atoms in total. The molecule has 0 radical (unpaired) electrons. The Morgan fingerprint density at radius 1 is 1.28 bits per heavy atom. The van der Waals surface area contributed by atoms with E-state index in [1.807, 2.05) is 13.8 Å². The molecule has 0 amide bonds. The molecule has 0 saturated carbocycles. The van der Waals surface area contributed by atoms with Gasteiger partial charge in [0.15, 0.2) is 0 Å². The van der Waals surface area contributed by atoms with Crippen LogP contribution in [0.4, 0.5) is 0 Å². The highest BCUT2D eigenvalue weighted by atomic mass is 16.5. The van der Waals surface area contributed by atoms with Crippen molar-refractivity contribution in [1.82, 2.24) is 5.32 Å². The molecule has 0 aliphatic rings. The van der Waals surface area contributed by atoms with Crippen molar-refractivity contribution in [2.24, 2.45) is 11.3 Å². The van der Waals surface area contributed by atoms with Gasteiger partial charge < -0.3 is 10.1 Å². The summed E-state index contributed by atoms with van der Waals surface area (Å²) in [4.78, 5) is 11.4. The number of hydrogen-bond acceptors (Lipinski definition) is 3. The Morgan fingerprint density at radius 2 is 1.89 bits per heavy atom. The van der Waals surface area contributed by atoms with Crippen LogP contribution in [0.3, 0.4) is 0 Å². The number of esters is 1. The molecule has 1 N–H and O–H groups in total. The van der Waals surface area contributed by atoms with Crippen molar-refractivity contribution < 1.29 is 9.53 Å². The Bertz CT molecular complexity index is 239. The first kappa shape index (κ1) is 17.4. The first-order valence-corrected chi connectivity index (χ1v) is 7.15. The predicted octanol–water partition coefficient (Wildman–Crippen LogP) is 3.38. The third-order valence-electron chi connectivity index (χ3n) is 3.68. The van der Waals surface area contributed by atoms with E-state index in [0.29, 0.717) is 5.41 Å². The zero-order valence-electron chi connectivity index (χ0n) is 13.0. The molecule has 0 aromatic rings. The standard InChI is InChI=1S/C15H31NO2/c1-7-8-9-10-15(4,5)11-16-13(3)12(2)14(17)18-6/h12-13,16H,7-11H2,1-6H3. The van der Waals surface area contributed by atoms with Crippen LogP contribution in [0, 0.1) is 11.3 Å². The summed E-state index contributed by atoms with van der Waals surface area (Å²) in [6, 6.07) is 0.155. The van der Waals surface area contributed by atoms with Crippen molar-refractivity contribution in [3.05, 3.63) is 0 Å². The number of hydrogen-bond donors (Lipinski definition) is 1. The summed E-state index contributed by atoms with van der Waals surface area (Å²) < 4.78 is 4.77. The van der Waals surface area contributed by atoms with E-state index in [0.717, 1.165) is 6.54 Å².